The maximum atomic E-state index is 12.1. The van der Waals surface area contributed by atoms with Crippen LogP contribution in [0.3, 0.4) is 0 Å². The van der Waals surface area contributed by atoms with Gasteiger partial charge in [-0.1, -0.05) is 18.6 Å². The highest BCUT2D eigenvalue weighted by Gasteiger charge is 2.23. The molecule has 0 aromatic heterocycles. The van der Waals surface area contributed by atoms with Crippen molar-refractivity contribution in [1.29, 1.82) is 0 Å². The van der Waals surface area contributed by atoms with E-state index < -0.39 is 0 Å². The maximum absolute atomic E-state index is 12.1. The van der Waals surface area contributed by atoms with Crippen molar-refractivity contribution >= 4 is 5.91 Å². The van der Waals surface area contributed by atoms with Crippen LogP contribution in [0.15, 0.2) is 11.6 Å². The molecule has 4 heteroatoms. The second kappa shape index (κ2) is 9.21. The van der Waals surface area contributed by atoms with Gasteiger partial charge in [0.15, 0.2) is 0 Å². The van der Waals surface area contributed by atoms with Crippen LogP contribution in [0.25, 0.3) is 0 Å². The number of carbonyl (C=O) groups is 1. The number of hydrogen-bond acceptors (Lipinski definition) is 3. The van der Waals surface area contributed by atoms with Crippen molar-refractivity contribution in [2.24, 2.45) is 0 Å². The first-order valence-electron chi connectivity index (χ1n) is 8.69. The van der Waals surface area contributed by atoms with Crippen LogP contribution in [0.4, 0.5) is 0 Å². The highest BCUT2D eigenvalue weighted by Crippen LogP contribution is 2.19. The monoisotopic (exact) mass is 293 g/mol. The zero-order chi connectivity index (χ0) is 14.9. The Bertz CT molecular complexity index is 348. The Balaban J connectivity index is 1.67. The molecule has 0 bridgehead atoms. The van der Waals surface area contributed by atoms with E-state index in [9.17, 15) is 4.79 Å². The van der Waals surface area contributed by atoms with E-state index >= 15 is 0 Å². The molecule has 0 radical (unpaired) electrons. The lowest BCUT2D eigenvalue weighted by Crippen LogP contribution is -2.44. The first-order valence-corrected chi connectivity index (χ1v) is 8.69. The van der Waals surface area contributed by atoms with E-state index in [1.807, 2.05) is 0 Å². The molecular weight excluding hydrogens is 262 g/mol. The molecular formula is C17H31N3O. The molecule has 1 saturated heterocycles. The molecule has 0 saturated carbocycles. The number of nitrogens with zero attached hydrogens (tertiary/aromatic N) is 1. The molecule has 120 valence electrons. The van der Waals surface area contributed by atoms with Crippen molar-refractivity contribution in [3.05, 3.63) is 11.6 Å². The largest absolute Gasteiger partial charge is 0.355 e. The van der Waals surface area contributed by atoms with Gasteiger partial charge >= 0.3 is 0 Å². The minimum atomic E-state index is 0.187. The van der Waals surface area contributed by atoms with Gasteiger partial charge in [-0.2, -0.15) is 0 Å². The number of carbonyl (C=O) groups excluding carboxylic acids is 1. The Morgan fingerprint density at radius 1 is 1.48 bits per heavy atom. The summed E-state index contributed by atoms with van der Waals surface area (Å²) in [6, 6.07) is 0.539. The summed E-state index contributed by atoms with van der Waals surface area (Å²) < 4.78 is 0. The molecule has 1 fully saturated rings. The molecule has 2 N–H and O–H groups in total. The summed E-state index contributed by atoms with van der Waals surface area (Å²) in [5.41, 5.74) is 1.53. The lowest BCUT2D eigenvalue weighted by molar-refractivity contribution is -0.122. The fourth-order valence-electron chi connectivity index (χ4n) is 3.36. The molecule has 21 heavy (non-hydrogen) atoms. The zero-order valence-electron chi connectivity index (χ0n) is 13.5. The number of hydrogen-bond donors (Lipinski definition) is 2. The fraction of sp³-hybridized carbons (Fsp3) is 0.824. The highest BCUT2D eigenvalue weighted by molar-refractivity contribution is 5.78. The van der Waals surface area contributed by atoms with Gasteiger partial charge in [0.2, 0.25) is 5.91 Å². The van der Waals surface area contributed by atoms with Gasteiger partial charge in [0, 0.05) is 19.1 Å². The summed E-state index contributed by atoms with van der Waals surface area (Å²) in [5, 5.41) is 6.49. The molecule has 0 spiro atoms. The third-order valence-corrected chi connectivity index (χ3v) is 4.56. The standard InChI is InChI=1S/C17H31N3O/c1-2-12-20(16-9-10-18-13-16)14-17(21)19-11-8-15-6-4-3-5-7-15/h6,16,18H,2-5,7-14H2,1H3,(H,19,21). The predicted octanol–water partition coefficient (Wildman–Crippen LogP) is 2.07. The van der Waals surface area contributed by atoms with Crippen molar-refractivity contribution < 1.29 is 4.79 Å². The van der Waals surface area contributed by atoms with Gasteiger partial charge in [0.25, 0.3) is 0 Å². The molecule has 0 aromatic rings. The molecule has 2 rings (SSSR count). The van der Waals surface area contributed by atoms with Crippen LogP contribution in [0, 0.1) is 0 Å². The first kappa shape index (κ1) is 16.5. The molecule has 1 heterocycles. The van der Waals surface area contributed by atoms with Gasteiger partial charge in [-0.3, -0.25) is 9.69 Å². The Morgan fingerprint density at radius 3 is 3.05 bits per heavy atom. The van der Waals surface area contributed by atoms with E-state index in [4.69, 9.17) is 0 Å². The molecule has 1 unspecified atom stereocenters. The average molecular weight is 293 g/mol. The summed E-state index contributed by atoms with van der Waals surface area (Å²) in [5.74, 6) is 0.187. The van der Waals surface area contributed by atoms with Crippen LogP contribution >= 0.6 is 0 Å². The summed E-state index contributed by atoms with van der Waals surface area (Å²) >= 11 is 0. The quantitative estimate of drug-likeness (QED) is 0.673. The van der Waals surface area contributed by atoms with Gasteiger partial charge in [-0.05, 0) is 58.0 Å². The van der Waals surface area contributed by atoms with Gasteiger partial charge in [-0.25, -0.2) is 0 Å². The minimum Gasteiger partial charge on any atom is -0.355 e. The van der Waals surface area contributed by atoms with Crippen LogP contribution in [-0.2, 0) is 4.79 Å². The van der Waals surface area contributed by atoms with Crippen LogP contribution in [0.5, 0.6) is 0 Å². The second-order valence-electron chi connectivity index (χ2n) is 6.33. The van der Waals surface area contributed by atoms with Gasteiger partial charge in [-0.15, -0.1) is 0 Å². The van der Waals surface area contributed by atoms with E-state index in [0.717, 1.165) is 39.0 Å². The van der Waals surface area contributed by atoms with Crippen LogP contribution < -0.4 is 10.6 Å². The van der Waals surface area contributed by atoms with E-state index in [1.165, 1.54) is 37.7 Å². The molecule has 2 aliphatic rings. The number of rotatable bonds is 8. The van der Waals surface area contributed by atoms with Crippen molar-refractivity contribution in [2.75, 3.05) is 32.7 Å². The molecule has 1 amide bonds. The maximum Gasteiger partial charge on any atom is 0.234 e. The molecule has 0 aromatic carbocycles. The van der Waals surface area contributed by atoms with Gasteiger partial charge < -0.3 is 10.6 Å². The Labute approximate surface area is 129 Å². The number of nitrogens with one attached hydrogen (secondary N) is 2. The summed E-state index contributed by atoms with van der Waals surface area (Å²) in [6.45, 7) is 6.67. The Morgan fingerprint density at radius 2 is 2.38 bits per heavy atom. The van der Waals surface area contributed by atoms with Gasteiger partial charge in [0.1, 0.15) is 0 Å². The van der Waals surface area contributed by atoms with Crippen molar-refractivity contribution in [2.45, 2.75) is 57.9 Å². The summed E-state index contributed by atoms with van der Waals surface area (Å²) in [7, 11) is 0. The van der Waals surface area contributed by atoms with E-state index in [2.05, 4.69) is 28.5 Å². The van der Waals surface area contributed by atoms with E-state index in [1.54, 1.807) is 0 Å². The second-order valence-corrected chi connectivity index (χ2v) is 6.33. The lowest BCUT2D eigenvalue weighted by Gasteiger charge is -2.27. The van der Waals surface area contributed by atoms with Gasteiger partial charge in [0.05, 0.1) is 6.54 Å². The summed E-state index contributed by atoms with van der Waals surface area (Å²) in [6.07, 6.45) is 10.8. The fourth-order valence-corrected chi connectivity index (χ4v) is 3.36. The molecule has 1 aliphatic carbocycles. The van der Waals surface area contributed by atoms with Crippen molar-refractivity contribution in [3.8, 4) is 0 Å². The highest BCUT2D eigenvalue weighted by atomic mass is 16.2. The summed E-state index contributed by atoms with van der Waals surface area (Å²) in [4.78, 5) is 14.5. The molecule has 1 atom stereocenters. The third kappa shape index (κ3) is 5.79. The SMILES string of the molecule is CCCN(CC(=O)NCCC1=CCCCC1)C1CCNC1. The minimum absolute atomic E-state index is 0.187. The Hall–Kier alpha value is -0.870. The molecule has 1 aliphatic heterocycles. The lowest BCUT2D eigenvalue weighted by atomic mass is 9.97. The first-order chi connectivity index (χ1) is 10.3. The van der Waals surface area contributed by atoms with Crippen LogP contribution in [0.1, 0.15) is 51.9 Å². The Kier molecular flexibility index (Phi) is 7.24. The number of amides is 1. The molecule has 4 nitrogen and oxygen atoms in total. The average Bonchev–Trinajstić information content (AvgIpc) is 3.02. The van der Waals surface area contributed by atoms with Crippen molar-refractivity contribution in [1.82, 2.24) is 15.5 Å². The normalized spacial score (nSPS) is 22.4. The van der Waals surface area contributed by atoms with E-state index in [-0.39, 0.29) is 5.91 Å². The third-order valence-electron chi connectivity index (χ3n) is 4.56. The smallest absolute Gasteiger partial charge is 0.234 e. The topological polar surface area (TPSA) is 44.4 Å². The number of allylic oxidation sites excluding steroid dienone is 1. The van der Waals surface area contributed by atoms with E-state index in [0.29, 0.717) is 12.6 Å². The van der Waals surface area contributed by atoms with Crippen LogP contribution in [-0.4, -0.2) is 49.6 Å². The zero-order valence-corrected chi connectivity index (χ0v) is 13.5. The van der Waals surface area contributed by atoms with Crippen LogP contribution in [0.2, 0.25) is 0 Å². The van der Waals surface area contributed by atoms with Crippen molar-refractivity contribution in [3.63, 3.8) is 0 Å². The predicted molar refractivity (Wildman–Crippen MR) is 87.3 cm³/mol.